The quantitative estimate of drug-likeness (QED) is 0.494. The van der Waals surface area contributed by atoms with E-state index >= 15 is 0 Å². The van der Waals surface area contributed by atoms with Crippen molar-refractivity contribution in [2.24, 2.45) is 0 Å². The number of carbonyl (C=O) groups is 1. The van der Waals surface area contributed by atoms with Crippen molar-refractivity contribution in [2.75, 3.05) is 13.2 Å². The van der Waals surface area contributed by atoms with E-state index < -0.39 is 26.6 Å². The zero-order chi connectivity index (χ0) is 20.1. The van der Waals surface area contributed by atoms with Gasteiger partial charge in [-0.2, -0.15) is 0 Å². The van der Waals surface area contributed by atoms with Crippen LogP contribution in [0.2, 0.25) is 18.1 Å². The van der Waals surface area contributed by atoms with E-state index in [-0.39, 0.29) is 24.4 Å². The molecule has 1 amide bonds. The number of epoxide rings is 1. The summed E-state index contributed by atoms with van der Waals surface area (Å²) >= 11 is 0. The number of nitrogens with one attached hydrogen (secondary N) is 1. The van der Waals surface area contributed by atoms with Crippen LogP contribution < -0.4 is 5.32 Å². The van der Waals surface area contributed by atoms with Gasteiger partial charge in [0.05, 0.1) is 31.5 Å². The molecule has 2 N–H and O–H groups in total. The van der Waals surface area contributed by atoms with Gasteiger partial charge in [-0.25, -0.2) is 4.79 Å². The first-order valence-electron chi connectivity index (χ1n) is 9.49. The van der Waals surface area contributed by atoms with Crippen LogP contribution in [0.4, 0.5) is 4.79 Å². The Hall–Kier alpha value is -1.41. The van der Waals surface area contributed by atoms with E-state index in [1.807, 2.05) is 30.3 Å². The van der Waals surface area contributed by atoms with Gasteiger partial charge in [-0.15, -0.1) is 0 Å². The first-order chi connectivity index (χ1) is 12.6. The third kappa shape index (κ3) is 7.25. The zero-order valence-electron chi connectivity index (χ0n) is 17.0. The van der Waals surface area contributed by atoms with Crippen molar-refractivity contribution in [2.45, 2.75) is 70.2 Å². The third-order valence-electron chi connectivity index (χ3n) is 5.32. The van der Waals surface area contributed by atoms with Gasteiger partial charge in [-0.3, -0.25) is 0 Å². The molecule has 0 spiro atoms. The van der Waals surface area contributed by atoms with Gasteiger partial charge >= 0.3 is 6.09 Å². The number of hydrogen-bond donors (Lipinski definition) is 2. The van der Waals surface area contributed by atoms with E-state index in [4.69, 9.17) is 13.9 Å². The molecule has 1 aliphatic rings. The van der Waals surface area contributed by atoms with E-state index in [1.54, 1.807) is 0 Å². The first-order valence-corrected chi connectivity index (χ1v) is 12.4. The van der Waals surface area contributed by atoms with Crippen molar-refractivity contribution in [1.82, 2.24) is 5.32 Å². The largest absolute Gasteiger partial charge is 0.445 e. The summed E-state index contributed by atoms with van der Waals surface area (Å²) in [5.74, 6) is 0. The maximum Gasteiger partial charge on any atom is 0.407 e. The number of hydrogen-bond acceptors (Lipinski definition) is 5. The van der Waals surface area contributed by atoms with E-state index in [0.29, 0.717) is 13.0 Å². The van der Waals surface area contributed by atoms with E-state index in [2.05, 4.69) is 39.2 Å². The molecule has 1 heterocycles. The Kier molecular flexibility index (Phi) is 7.45. The smallest absolute Gasteiger partial charge is 0.407 e. The lowest BCUT2D eigenvalue weighted by atomic mass is 10.1. The van der Waals surface area contributed by atoms with Crippen LogP contribution in [0.25, 0.3) is 0 Å². The van der Waals surface area contributed by atoms with Gasteiger partial charge in [0.2, 0.25) is 0 Å². The molecule has 1 aromatic carbocycles. The Labute approximate surface area is 163 Å². The normalized spacial score (nSPS) is 19.3. The Morgan fingerprint density at radius 1 is 1.33 bits per heavy atom. The van der Waals surface area contributed by atoms with Gasteiger partial charge < -0.3 is 24.3 Å². The number of alkyl carbamates (subject to hydrolysis) is 1. The van der Waals surface area contributed by atoms with Crippen LogP contribution >= 0.6 is 0 Å². The molecule has 0 aromatic heterocycles. The predicted octanol–water partition coefficient (Wildman–Crippen LogP) is 3.45. The molecule has 0 aliphatic carbocycles. The molecule has 7 heteroatoms. The fourth-order valence-electron chi connectivity index (χ4n) is 2.32. The molecule has 2 rings (SSSR count). The monoisotopic (exact) mass is 395 g/mol. The molecule has 0 radical (unpaired) electrons. The summed E-state index contributed by atoms with van der Waals surface area (Å²) in [5, 5.41) is 13.4. The lowest BCUT2D eigenvalue weighted by Gasteiger charge is -2.38. The van der Waals surface area contributed by atoms with Gasteiger partial charge in [0.25, 0.3) is 0 Å². The molecule has 3 atom stereocenters. The molecule has 152 valence electrons. The summed E-state index contributed by atoms with van der Waals surface area (Å²) in [6.45, 7) is 11.9. The van der Waals surface area contributed by atoms with Gasteiger partial charge in [0, 0.05) is 6.42 Å². The van der Waals surface area contributed by atoms with Crippen molar-refractivity contribution in [1.29, 1.82) is 0 Å². The van der Waals surface area contributed by atoms with E-state index in [0.717, 1.165) is 5.56 Å². The minimum absolute atomic E-state index is 0.0515. The van der Waals surface area contributed by atoms with E-state index in [9.17, 15) is 9.90 Å². The van der Waals surface area contributed by atoms with Crippen LogP contribution in [0.5, 0.6) is 0 Å². The predicted molar refractivity (Wildman–Crippen MR) is 107 cm³/mol. The topological polar surface area (TPSA) is 80.3 Å². The highest BCUT2D eigenvalue weighted by atomic mass is 28.4. The van der Waals surface area contributed by atoms with Crippen molar-refractivity contribution in [3.05, 3.63) is 35.9 Å². The number of rotatable bonds is 9. The van der Waals surface area contributed by atoms with Crippen LogP contribution in [-0.2, 0) is 20.5 Å². The summed E-state index contributed by atoms with van der Waals surface area (Å²) in [6.07, 6.45) is -0.757. The van der Waals surface area contributed by atoms with Gasteiger partial charge in [-0.05, 0) is 23.7 Å². The Morgan fingerprint density at radius 3 is 2.52 bits per heavy atom. The van der Waals surface area contributed by atoms with Gasteiger partial charge in [-0.1, -0.05) is 51.1 Å². The molecule has 0 bridgehead atoms. The Balaban J connectivity index is 1.91. The Bertz CT molecular complexity index is 598. The molecule has 1 unspecified atom stereocenters. The number of benzene rings is 1. The average Bonchev–Trinajstić information content (AvgIpc) is 3.40. The number of carbonyl (C=O) groups excluding carboxylic acids is 1. The van der Waals surface area contributed by atoms with Crippen LogP contribution in [0.1, 0.15) is 32.8 Å². The summed E-state index contributed by atoms with van der Waals surface area (Å²) in [4.78, 5) is 12.2. The van der Waals surface area contributed by atoms with Crippen molar-refractivity contribution in [3.8, 4) is 0 Å². The molecule has 0 saturated carbocycles. The van der Waals surface area contributed by atoms with Crippen molar-refractivity contribution in [3.63, 3.8) is 0 Å². The lowest BCUT2D eigenvalue weighted by molar-refractivity contribution is 0.0690. The van der Waals surface area contributed by atoms with Crippen molar-refractivity contribution >= 4 is 14.4 Å². The lowest BCUT2D eigenvalue weighted by Crippen LogP contribution is -2.51. The summed E-state index contributed by atoms with van der Waals surface area (Å²) in [6, 6.07) is 8.95. The highest BCUT2D eigenvalue weighted by Gasteiger charge is 2.39. The molecule has 1 aromatic rings. The molecular weight excluding hydrogens is 362 g/mol. The molecule has 27 heavy (non-hydrogen) atoms. The second-order valence-electron chi connectivity index (χ2n) is 8.64. The highest BCUT2D eigenvalue weighted by molar-refractivity contribution is 6.74. The number of aliphatic hydroxyl groups is 1. The number of ether oxygens (including phenoxy) is 2. The van der Waals surface area contributed by atoms with Crippen LogP contribution in [0, 0.1) is 0 Å². The Morgan fingerprint density at radius 2 is 1.96 bits per heavy atom. The zero-order valence-corrected chi connectivity index (χ0v) is 18.0. The number of amides is 1. The highest BCUT2D eigenvalue weighted by Crippen LogP contribution is 2.36. The fraction of sp³-hybridized carbons (Fsp3) is 0.650. The molecule has 1 aliphatic heterocycles. The van der Waals surface area contributed by atoms with E-state index in [1.165, 1.54) is 0 Å². The summed E-state index contributed by atoms with van der Waals surface area (Å²) < 4.78 is 16.7. The second kappa shape index (κ2) is 9.19. The van der Waals surface area contributed by atoms with Crippen LogP contribution in [0.15, 0.2) is 30.3 Å². The average molecular weight is 396 g/mol. The maximum absolute atomic E-state index is 12.2. The minimum atomic E-state index is -1.99. The molecule has 1 fully saturated rings. The molecular formula is C20H33NO5Si. The third-order valence-corrected chi connectivity index (χ3v) is 9.82. The summed E-state index contributed by atoms with van der Waals surface area (Å²) in [7, 11) is -1.99. The maximum atomic E-state index is 12.2. The molecule has 6 nitrogen and oxygen atoms in total. The standard InChI is InChI=1S/C20H33NO5Si/c1-20(2,3)27(4,5)26-14-17(18(22)11-16-13-24-16)21-19(23)25-12-15-9-7-6-8-10-15/h6-10,16-18,22H,11-14H2,1-5H3,(H,21,23)/t16?,17-,18-/m0/s1. The van der Waals surface area contributed by atoms with Gasteiger partial charge in [0.15, 0.2) is 8.32 Å². The fourth-order valence-corrected chi connectivity index (χ4v) is 3.35. The SMILES string of the molecule is CC(C)(C)[Si](C)(C)OC[C@H](NC(=O)OCc1ccccc1)[C@@H](O)CC1CO1. The van der Waals surface area contributed by atoms with Gasteiger partial charge in [0.1, 0.15) is 6.61 Å². The second-order valence-corrected chi connectivity index (χ2v) is 13.5. The number of aliphatic hydroxyl groups excluding tert-OH is 1. The molecule has 1 saturated heterocycles. The van der Waals surface area contributed by atoms with Crippen LogP contribution in [0.3, 0.4) is 0 Å². The van der Waals surface area contributed by atoms with Crippen LogP contribution in [-0.4, -0.2) is 51.0 Å². The first kappa shape index (κ1) is 21.9. The minimum Gasteiger partial charge on any atom is -0.445 e. The van der Waals surface area contributed by atoms with Crippen molar-refractivity contribution < 1.29 is 23.8 Å². The summed E-state index contributed by atoms with van der Waals surface area (Å²) in [5.41, 5.74) is 0.911.